The number of nitrogens with one attached hydrogen (secondary N) is 2. The predicted octanol–water partition coefficient (Wildman–Crippen LogP) is 4.87. The van der Waals surface area contributed by atoms with E-state index in [2.05, 4.69) is 22.8 Å². The molecular formula is C29H44F2N4O5. The van der Waals surface area contributed by atoms with Gasteiger partial charge in [-0.3, -0.25) is 4.79 Å². The summed E-state index contributed by atoms with van der Waals surface area (Å²) in [4.78, 5) is 43.0. The molecule has 3 rings (SSSR count). The summed E-state index contributed by atoms with van der Waals surface area (Å²) in [6.07, 6.45) is 6.78. The number of amides is 2. The number of likely N-dealkylation sites (tertiary alicyclic amines) is 1. The number of unbranched alkanes of at least 4 members (excludes halogenated alkanes) is 4. The van der Waals surface area contributed by atoms with Crippen molar-refractivity contribution < 1.29 is 32.6 Å². The van der Waals surface area contributed by atoms with Gasteiger partial charge in [0.05, 0.1) is 13.7 Å². The maximum atomic E-state index is 14.9. The van der Waals surface area contributed by atoms with Gasteiger partial charge in [-0.2, -0.15) is 0 Å². The molecule has 2 amide bonds. The molecule has 2 aliphatic rings. The Morgan fingerprint density at radius 3 is 2.60 bits per heavy atom. The van der Waals surface area contributed by atoms with Gasteiger partial charge in [-0.25, -0.2) is 23.4 Å². The minimum absolute atomic E-state index is 0.0387. The smallest absolute Gasteiger partial charge is 0.410 e. The van der Waals surface area contributed by atoms with Gasteiger partial charge in [0.2, 0.25) is 5.91 Å². The monoisotopic (exact) mass is 566 g/mol. The number of aryl methyl sites for hydroxylation is 2. The Morgan fingerprint density at radius 2 is 1.90 bits per heavy atom. The van der Waals surface area contributed by atoms with Crippen LogP contribution in [0.25, 0.3) is 0 Å². The SMILES string of the molecule is COC(=O)[C@H](CCCCCCCc1ccc2c(n1)NCCC2)NC(=O)C1CCN(C(=O)OC(C)(C)C)CC1(F)F. The maximum absolute atomic E-state index is 14.9. The highest BCUT2D eigenvalue weighted by Gasteiger charge is 2.50. The first-order valence-corrected chi connectivity index (χ1v) is 14.4. The molecule has 1 unspecified atom stereocenters. The van der Waals surface area contributed by atoms with Gasteiger partial charge in [-0.05, 0) is 70.9 Å². The topological polar surface area (TPSA) is 110 Å². The Kier molecular flexibility index (Phi) is 11.1. The maximum Gasteiger partial charge on any atom is 0.410 e. The van der Waals surface area contributed by atoms with Crippen molar-refractivity contribution in [3.63, 3.8) is 0 Å². The Hall–Kier alpha value is -2.98. The molecule has 1 saturated heterocycles. The number of methoxy groups -OCH3 is 1. The van der Waals surface area contributed by atoms with E-state index < -0.39 is 48.0 Å². The molecule has 1 fully saturated rings. The lowest BCUT2D eigenvalue weighted by molar-refractivity contribution is -0.155. The molecule has 9 nitrogen and oxygen atoms in total. The zero-order chi connectivity index (χ0) is 29.3. The summed E-state index contributed by atoms with van der Waals surface area (Å²) in [7, 11) is 1.21. The van der Waals surface area contributed by atoms with Crippen LogP contribution < -0.4 is 10.6 Å². The number of fused-ring (bicyclic) bond motifs is 1. The second-order valence-electron chi connectivity index (χ2n) is 11.7. The number of carbonyl (C=O) groups excluding carboxylic acids is 3. The predicted molar refractivity (Wildman–Crippen MR) is 147 cm³/mol. The van der Waals surface area contributed by atoms with Crippen LogP contribution in [0.15, 0.2) is 12.1 Å². The molecule has 3 heterocycles. The van der Waals surface area contributed by atoms with Crippen LogP contribution in [0.1, 0.15) is 83.4 Å². The van der Waals surface area contributed by atoms with Crippen molar-refractivity contribution in [2.24, 2.45) is 5.92 Å². The quantitative estimate of drug-likeness (QED) is 0.290. The molecular weight excluding hydrogens is 522 g/mol. The van der Waals surface area contributed by atoms with Gasteiger partial charge in [0.15, 0.2) is 0 Å². The van der Waals surface area contributed by atoms with Crippen LogP contribution in [0.2, 0.25) is 0 Å². The first-order chi connectivity index (χ1) is 18.9. The summed E-state index contributed by atoms with van der Waals surface area (Å²) in [5, 5.41) is 5.84. The van der Waals surface area contributed by atoms with E-state index in [0.717, 1.165) is 67.9 Å². The number of esters is 1. The lowest BCUT2D eigenvalue weighted by Gasteiger charge is -2.38. The molecule has 224 valence electrons. The fourth-order valence-corrected chi connectivity index (χ4v) is 5.10. The molecule has 1 aromatic rings. The van der Waals surface area contributed by atoms with E-state index in [1.807, 2.05) is 0 Å². The molecule has 1 aromatic heterocycles. The summed E-state index contributed by atoms with van der Waals surface area (Å²) in [5.74, 6) is -5.66. The summed E-state index contributed by atoms with van der Waals surface area (Å²) in [6.45, 7) is 4.97. The normalized spacial score (nSPS) is 19.1. The van der Waals surface area contributed by atoms with Crippen molar-refractivity contribution in [3.05, 3.63) is 23.4 Å². The van der Waals surface area contributed by atoms with Crippen molar-refractivity contribution >= 4 is 23.8 Å². The highest BCUT2D eigenvalue weighted by Crippen LogP contribution is 2.34. The summed E-state index contributed by atoms with van der Waals surface area (Å²) >= 11 is 0. The van der Waals surface area contributed by atoms with Crippen molar-refractivity contribution in [3.8, 4) is 0 Å². The van der Waals surface area contributed by atoms with Crippen LogP contribution in [0.5, 0.6) is 0 Å². The molecule has 0 radical (unpaired) electrons. The highest BCUT2D eigenvalue weighted by molar-refractivity contribution is 5.86. The van der Waals surface area contributed by atoms with E-state index in [4.69, 9.17) is 14.5 Å². The number of halogens is 2. The van der Waals surface area contributed by atoms with Gasteiger partial charge in [-0.15, -0.1) is 0 Å². The fourth-order valence-electron chi connectivity index (χ4n) is 5.10. The molecule has 2 N–H and O–H groups in total. The van der Waals surface area contributed by atoms with Gasteiger partial charge < -0.3 is 25.0 Å². The van der Waals surface area contributed by atoms with Crippen molar-refractivity contribution in [2.45, 2.75) is 103 Å². The molecule has 0 aromatic carbocycles. The molecule has 2 atom stereocenters. The zero-order valence-electron chi connectivity index (χ0n) is 24.2. The van der Waals surface area contributed by atoms with E-state index in [0.29, 0.717) is 12.8 Å². The van der Waals surface area contributed by atoms with Gasteiger partial charge in [0, 0.05) is 18.8 Å². The minimum atomic E-state index is -3.46. The minimum Gasteiger partial charge on any atom is -0.467 e. The van der Waals surface area contributed by atoms with Crippen molar-refractivity contribution in [2.75, 3.05) is 32.1 Å². The van der Waals surface area contributed by atoms with Crippen LogP contribution in [0.3, 0.4) is 0 Å². The van der Waals surface area contributed by atoms with E-state index in [1.54, 1.807) is 20.8 Å². The first kappa shape index (κ1) is 31.5. The van der Waals surface area contributed by atoms with Crippen LogP contribution in [0.4, 0.5) is 19.4 Å². The summed E-state index contributed by atoms with van der Waals surface area (Å²) < 4.78 is 39.8. The van der Waals surface area contributed by atoms with Crippen LogP contribution in [-0.4, -0.2) is 72.2 Å². The average Bonchev–Trinajstić information content (AvgIpc) is 2.89. The molecule has 0 spiro atoms. The standard InChI is InChI=1S/C29H44F2N4O5/c1-28(2,3)40-27(38)35-18-16-22(29(30,31)19-35)25(36)34-23(26(37)39-4)13-9-7-5-6-8-12-21-15-14-20-11-10-17-32-24(20)33-21/h14-15,22-23H,5-13,16-19H2,1-4H3,(H,32,33)(H,34,36)/t22?,23-/m0/s1. The number of rotatable bonds is 11. The third-order valence-electron chi connectivity index (χ3n) is 7.25. The molecule has 2 aliphatic heterocycles. The summed E-state index contributed by atoms with van der Waals surface area (Å²) in [6, 6.07) is 3.26. The average molecular weight is 567 g/mol. The van der Waals surface area contributed by atoms with Gasteiger partial charge >= 0.3 is 12.1 Å². The number of pyridine rings is 1. The third-order valence-corrected chi connectivity index (χ3v) is 7.25. The molecule has 0 bridgehead atoms. The fraction of sp³-hybridized carbons (Fsp3) is 0.724. The molecule has 11 heteroatoms. The molecule has 0 aliphatic carbocycles. The lowest BCUT2D eigenvalue weighted by Crippen LogP contribution is -2.57. The molecule has 0 saturated carbocycles. The third kappa shape index (κ3) is 9.30. The highest BCUT2D eigenvalue weighted by atomic mass is 19.3. The Morgan fingerprint density at radius 1 is 1.18 bits per heavy atom. The number of ether oxygens (including phenoxy) is 2. The number of alkyl halides is 2. The number of hydrogen-bond acceptors (Lipinski definition) is 7. The van der Waals surface area contributed by atoms with Gasteiger partial charge in [-0.1, -0.05) is 31.7 Å². The number of carbonyl (C=O) groups is 3. The number of piperidine rings is 1. The van der Waals surface area contributed by atoms with Crippen molar-refractivity contribution in [1.82, 2.24) is 15.2 Å². The molecule has 40 heavy (non-hydrogen) atoms. The van der Waals surface area contributed by atoms with Gasteiger partial charge in [0.25, 0.3) is 5.92 Å². The van der Waals surface area contributed by atoms with E-state index in [1.165, 1.54) is 12.7 Å². The van der Waals surface area contributed by atoms with E-state index in [-0.39, 0.29) is 13.0 Å². The Balaban J connectivity index is 1.40. The second-order valence-corrected chi connectivity index (χ2v) is 11.7. The summed E-state index contributed by atoms with van der Waals surface area (Å²) in [5.41, 5.74) is 1.54. The van der Waals surface area contributed by atoms with Crippen molar-refractivity contribution in [1.29, 1.82) is 0 Å². The van der Waals surface area contributed by atoms with Gasteiger partial charge in [0.1, 0.15) is 23.4 Å². The van der Waals surface area contributed by atoms with Crippen LogP contribution in [-0.2, 0) is 31.9 Å². The number of hydrogen-bond donors (Lipinski definition) is 2. The Bertz CT molecular complexity index is 1030. The van der Waals surface area contributed by atoms with E-state index >= 15 is 0 Å². The second kappa shape index (κ2) is 14.1. The first-order valence-electron chi connectivity index (χ1n) is 14.4. The van der Waals surface area contributed by atoms with Crippen LogP contribution in [0, 0.1) is 5.92 Å². The largest absolute Gasteiger partial charge is 0.467 e. The number of aromatic nitrogens is 1. The Labute approximate surface area is 235 Å². The lowest BCUT2D eigenvalue weighted by atomic mass is 9.91. The van der Waals surface area contributed by atoms with Crippen LogP contribution >= 0.6 is 0 Å². The zero-order valence-corrected chi connectivity index (χ0v) is 24.2. The van der Waals surface area contributed by atoms with E-state index in [9.17, 15) is 23.2 Å². The number of nitrogens with zero attached hydrogens (tertiary/aromatic N) is 2. The number of anilines is 1.